The zero-order valence-corrected chi connectivity index (χ0v) is 19.2. The predicted octanol–water partition coefficient (Wildman–Crippen LogP) is 3.79. The average molecular weight is 452 g/mol. The van der Waals surface area contributed by atoms with Crippen LogP contribution in [0.1, 0.15) is 45.1 Å². The van der Waals surface area contributed by atoms with Gasteiger partial charge in [0.25, 0.3) is 0 Å². The van der Waals surface area contributed by atoms with Crippen molar-refractivity contribution >= 4 is 34.2 Å². The number of fused-ring (bicyclic) bond motifs is 1. The molecule has 2 aliphatic heterocycles. The molecule has 9 heteroatoms. The molecule has 0 spiro atoms. The first kappa shape index (κ1) is 21.8. The van der Waals surface area contributed by atoms with E-state index in [1.54, 1.807) is 17.2 Å². The van der Waals surface area contributed by atoms with Crippen molar-refractivity contribution in [3.63, 3.8) is 0 Å². The summed E-state index contributed by atoms with van der Waals surface area (Å²) in [6.07, 6.45) is 4.84. The van der Waals surface area contributed by atoms with Crippen molar-refractivity contribution in [2.75, 3.05) is 34.8 Å². The summed E-state index contributed by atoms with van der Waals surface area (Å²) in [5.41, 5.74) is 1.18. The lowest BCUT2D eigenvalue weighted by Gasteiger charge is -2.40. The van der Waals surface area contributed by atoms with Gasteiger partial charge < -0.3 is 20.2 Å². The lowest BCUT2D eigenvalue weighted by molar-refractivity contribution is 0.0612. The van der Waals surface area contributed by atoms with Gasteiger partial charge in [0.2, 0.25) is 5.95 Å². The second kappa shape index (κ2) is 8.70. The van der Waals surface area contributed by atoms with Crippen molar-refractivity contribution in [1.82, 2.24) is 19.9 Å². The Hall–Kier alpha value is -3.07. The van der Waals surface area contributed by atoms with Crippen LogP contribution in [0, 0.1) is 0 Å². The number of alkyl halides is 1. The number of aliphatic hydroxyl groups is 1. The SMILES string of the molecule is CC(C)c1cnc(N2CCC2C)c2cnc(Nc3ccnc(N4CC[C@H](O)[C@H](F)C4)n3)cc12. The number of anilines is 4. The molecule has 33 heavy (non-hydrogen) atoms. The minimum atomic E-state index is -1.30. The van der Waals surface area contributed by atoms with E-state index in [9.17, 15) is 9.50 Å². The molecule has 5 rings (SSSR count). The fraction of sp³-hybridized carbons (Fsp3) is 0.500. The van der Waals surface area contributed by atoms with Crippen LogP contribution in [-0.2, 0) is 0 Å². The van der Waals surface area contributed by atoms with Crippen molar-refractivity contribution in [1.29, 1.82) is 0 Å². The van der Waals surface area contributed by atoms with E-state index >= 15 is 0 Å². The van der Waals surface area contributed by atoms with Gasteiger partial charge in [-0.05, 0) is 48.8 Å². The average Bonchev–Trinajstić information content (AvgIpc) is 2.80. The van der Waals surface area contributed by atoms with E-state index in [1.807, 2.05) is 12.4 Å². The fourth-order valence-electron chi connectivity index (χ4n) is 4.51. The van der Waals surface area contributed by atoms with Gasteiger partial charge in [0.1, 0.15) is 23.6 Å². The number of piperidine rings is 1. The molecule has 3 aromatic heterocycles. The summed E-state index contributed by atoms with van der Waals surface area (Å²) in [4.78, 5) is 22.4. The Morgan fingerprint density at radius 1 is 1.09 bits per heavy atom. The third-order valence-corrected chi connectivity index (χ3v) is 6.68. The van der Waals surface area contributed by atoms with E-state index in [4.69, 9.17) is 4.98 Å². The molecule has 2 N–H and O–H groups in total. The number of halogens is 1. The molecule has 3 aromatic rings. The quantitative estimate of drug-likeness (QED) is 0.606. The molecule has 0 saturated carbocycles. The van der Waals surface area contributed by atoms with Crippen LogP contribution in [0.25, 0.3) is 10.8 Å². The third-order valence-electron chi connectivity index (χ3n) is 6.68. The van der Waals surface area contributed by atoms with Crippen molar-refractivity contribution in [3.05, 3.63) is 36.3 Å². The Morgan fingerprint density at radius 2 is 1.94 bits per heavy atom. The highest BCUT2D eigenvalue weighted by Gasteiger charge is 2.29. The maximum absolute atomic E-state index is 14.0. The van der Waals surface area contributed by atoms with Gasteiger partial charge in [-0.25, -0.2) is 19.3 Å². The molecule has 0 radical (unpaired) electrons. The van der Waals surface area contributed by atoms with Crippen LogP contribution in [0.5, 0.6) is 0 Å². The van der Waals surface area contributed by atoms with Crippen LogP contribution in [0.4, 0.5) is 27.8 Å². The molecule has 174 valence electrons. The van der Waals surface area contributed by atoms with Gasteiger partial charge in [0.15, 0.2) is 0 Å². The Morgan fingerprint density at radius 3 is 2.64 bits per heavy atom. The normalized spacial score (nSPS) is 23.2. The monoisotopic (exact) mass is 451 g/mol. The first-order valence-corrected chi connectivity index (χ1v) is 11.6. The molecule has 2 aliphatic rings. The van der Waals surface area contributed by atoms with E-state index in [0.717, 1.165) is 23.1 Å². The number of pyridine rings is 2. The molecule has 3 atom stereocenters. The molecule has 0 amide bonds. The molecule has 8 nitrogen and oxygen atoms in total. The Balaban J connectivity index is 1.44. The largest absolute Gasteiger partial charge is 0.390 e. The van der Waals surface area contributed by atoms with Gasteiger partial charge in [0.05, 0.1) is 12.6 Å². The maximum atomic E-state index is 14.0. The molecule has 0 bridgehead atoms. The van der Waals surface area contributed by atoms with Crippen LogP contribution in [0.15, 0.2) is 30.7 Å². The second-order valence-electron chi connectivity index (χ2n) is 9.32. The van der Waals surface area contributed by atoms with Crippen LogP contribution < -0.4 is 15.1 Å². The summed E-state index contributed by atoms with van der Waals surface area (Å²) in [5.74, 6) is 3.03. The van der Waals surface area contributed by atoms with E-state index < -0.39 is 12.3 Å². The second-order valence-corrected chi connectivity index (χ2v) is 9.32. The van der Waals surface area contributed by atoms with Gasteiger partial charge >= 0.3 is 0 Å². The molecule has 2 saturated heterocycles. The number of hydrogen-bond acceptors (Lipinski definition) is 8. The number of aliphatic hydroxyl groups excluding tert-OH is 1. The first-order valence-electron chi connectivity index (χ1n) is 11.6. The van der Waals surface area contributed by atoms with Crippen molar-refractivity contribution < 1.29 is 9.50 Å². The van der Waals surface area contributed by atoms with Crippen molar-refractivity contribution in [3.8, 4) is 0 Å². The van der Waals surface area contributed by atoms with Crippen molar-refractivity contribution in [2.24, 2.45) is 0 Å². The lowest BCUT2D eigenvalue weighted by atomic mass is 9.97. The van der Waals surface area contributed by atoms with Gasteiger partial charge in [-0.2, -0.15) is 4.98 Å². The van der Waals surface area contributed by atoms with E-state index in [1.165, 1.54) is 12.0 Å². The molecule has 5 heterocycles. The molecule has 2 fully saturated rings. The maximum Gasteiger partial charge on any atom is 0.227 e. The summed E-state index contributed by atoms with van der Waals surface area (Å²) < 4.78 is 14.0. The molecule has 0 aliphatic carbocycles. The minimum absolute atomic E-state index is 0.0846. The highest BCUT2D eigenvalue weighted by Crippen LogP contribution is 2.35. The van der Waals surface area contributed by atoms with E-state index in [2.05, 4.69) is 52.0 Å². The highest BCUT2D eigenvalue weighted by molar-refractivity contribution is 5.96. The van der Waals surface area contributed by atoms with Gasteiger partial charge in [-0.1, -0.05) is 13.8 Å². The lowest BCUT2D eigenvalue weighted by Crippen LogP contribution is -2.46. The van der Waals surface area contributed by atoms with Gasteiger partial charge in [-0.15, -0.1) is 0 Å². The molecular formula is C24H30FN7O. The van der Waals surface area contributed by atoms with Gasteiger partial charge in [0, 0.05) is 43.1 Å². The summed E-state index contributed by atoms with van der Waals surface area (Å²) >= 11 is 0. The predicted molar refractivity (Wildman–Crippen MR) is 128 cm³/mol. The third kappa shape index (κ3) is 4.17. The van der Waals surface area contributed by atoms with E-state index in [-0.39, 0.29) is 6.54 Å². The summed E-state index contributed by atoms with van der Waals surface area (Å²) in [5, 5.41) is 15.1. The number of rotatable bonds is 5. The molecule has 0 aromatic carbocycles. The summed E-state index contributed by atoms with van der Waals surface area (Å²) in [7, 11) is 0. The number of nitrogens with zero attached hydrogens (tertiary/aromatic N) is 6. The first-order chi connectivity index (χ1) is 15.9. The Labute approximate surface area is 192 Å². The van der Waals surface area contributed by atoms with Crippen LogP contribution in [0.3, 0.4) is 0 Å². The topological polar surface area (TPSA) is 90.3 Å². The Bertz CT molecular complexity index is 1160. The highest BCUT2D eigenvalue weighted by atomic mass is 19.1. The van der Waals surface area contributed by atoms with E-state index in [0.29, 0.717) is 42.5 Å². The number of nitrogens with one attached hydrogen (secondary N) is 1. The van der Waals surface area contributed by atoms with Crippen LogP contribution in [0.2, 0.25) is 0 Å². The number of hydrogen-bond donors (Lipinski definition) is 2. The van der Waals surface area contributed by atoms with Crippen LogP contribution in [-0.4, -0.2) is 63.0 Å². The zero-order chi connectivity index (χ0) is 23.1. The summed E-state index contributed by atoms with van der Waals surface area (Å²) in [6.45, 7) is 8.17. The smallest absolute Gasteiger partial charge is 0.227 e. The number of aromatic nitrogens is 4. The standard InChI is InChI=1S/C24H30FN7O/c1-14(2)17-11-28-23(32-9-5-15(32)3)18-12-27-22(10-16(17)18)29-21-4-7-26-24(30-21)31-8-6-20(33)19(25)13-31/h4,7,10-12,14-15,19-20,33H,5-6,8-9,13H2,1-3H3,(H,26,27,29,30)/t15?,19-,20+/m1/s1. The van der Waals surface area contributed by atoms with Crippen LogP contribution >= 0.6 is 0 Å². The summed E-state index contributed by atoms with van der Waals surface area (Å²) in [6, 6.07) is 4.31. The zero-order valence-electron chi connectivity index (χ0n) is 19.2. The van der Waals surface area contributed by atoms with Gasteiger partial charge in [-0.3, -0.25) is 0 Å². The molecule has 1 unspecified atom stereocenters. The Kier molecular flexibility index (Phi) is 5.74. The minimum Gasteiger partial charge on any atom is -0.390 e. The van der Waals surface area contributed by atoms with Crippen molar-refractivity contribution in [2.45, 2.75) is 57.8 Å². The fourth-order valence-corrected chi connectivity index (χ4v) is 4.51. The molecular weight excluding hydrogens is 421 g/mol.